The zero-order chi connectivity index (χ0) is 21.8. The minimum absolute atomic E-state index is 0.0839. The SMILES string of the molecule is COc1ccc(C(N[C@H](C)c2cc(F)c(F)c(F)c2)c2cccc([N+](=O)[O-])c2)cc1. The maximum Gasteiger partial charge on any atom is 0.269 e. The van der Waals surface area contributed by atoms with Gasteiger partial charge in [-0.05, 0) is 47.9 Å². The summed E-state index contributed by atoms with van der Waals surface area (Å²) >= 11 is 0. The molecule has 1 unspecified atom stereocenters. The number of methoxy groups -OCH3 is 1. The number of rotatable bonds is 7. The van der Waals surface area contributed by atoms with Gasteiger partial charge >= 0.3 is 0 Å². The van der Waals surface area contributed by atoms with Crippen LogP contribution in [0.3, 0.4) is 0 Å². The monoisotopic (exact) mass is 416 g/mol. The Labute approximate surface area is 171 Å². The van der Waals surface area contributed by atoms with E-state index in [-0.39, 0.29) is 11.3 Å². The van der Waals surface area contributed by atoms with E-state index in [2.05, 4.69) is 5.32 Å². The fourth-order valence-electron chi connectivity index (χ4n) is 3.17. The topological polar surface area (TPSA) is 64.4 Å². The fraction of sp³-hybridized carbons (Fsp3) is 0.182. The Kier molecular flexibility index (Phi) is 6.37. The van der Waals surface area contributed by atoms with Gasteiger partial charge in [0.1, 0.15) is 5.75 Å². The number of ether oxygens (including phenoxy) is 1. The molecule has 0 saturated carbocycles. The van der Waals surface area contributed by atoms with Crippen LogP contribution in [-0.2, 0) is 0 Å². The van der Waals surface area contributed by atoms with Crippen molar-refractivity contribution >= 4 is 5.69 Å². The zero-order valence-corrected chi connectivity index (χ0v) is 16.2. The lowest BCUT2D eigenvalue weighted by Crippen LogP contribution is -2.26. The number of hydrogen-bond donors (Lipinski definition) is 1. The number of benzene rings is 3. The van der Waals surface area contributed by atoms with Gasteiger partial charge in [0.05, 0.1) is 18.1 Å². The lowest BCUT2D eigenvalue weighted by Gasteiger charge is -2.25. The van der Waals surface area contributed by atoms with Crippen molar-refractivity contribution in [3.05, 3.63) is 105 Å². The minimum atomic E-state index is -1.53. The molecule has 0 amide bonds. The highest BCUT2D eigenvalue weighted by Crippen LogP contribution is 2.30. The van der Waals surface area contributed by atoms with E-state index in [9.17, 15) is 23.3 Å². The molecule has 0 radical (unpaired) electrons. The number of nitrogens with zero attached hydrogens (tertiary/aromatic N) is 1. The number of nitro groups is 1. The van der Waals surface area contributed by atoms with Gasteiger partial charge in [0.2, 0.25) is 0 Å². The summed E-state index contributed by atoms with van der Waals surface area (Å²) in [4.78, 5) is 10.7. The predicted octanol–water partition coefficient (Wildman–Crippen LogP) is 5.46. The largest absolute Gasteiger partial charge is 0.497 e. The second-order valence-electron chi connectivity index (χ2n) is 6.75. The molecule has 0 aliphatic heterocycles. The summed E-state index contributed by atoms with van der Waals surface area (Å²) in [5.41, 5.74) is 1.46. The van der Waals surface area contributed by atoms with Gasteiger partial charge in [-0.15, -0.1) is 0 Å². The molecule has 0 spiro atoms. The maximum absolute atomic E-state index is 13.7. The number of halogens is 3. The summed E-state index contributed by atoms with van der Waals surface area (Å²) < 4.78 is 45.8. The quantitative estimate of drug-likeness (QED) is 0.316. The van der Waals surface area contributed by atoms with Gasteiger partial charge in [-0.25, -0.2) is 13.2 Å². The van der Waals surface area contributed by atoms with Crippen LogP contribution in [0.4, 0.5) is 18.9 Å². The smallest absolute Gasteiger partial charge is 0.269 e. The molecule has 156 valence electrons. The van der Waals surface area contributed by atoms with Crippen molar-refractivity contribution in [2.75, 3.05) is 7.11 Å². The molecule has 3 aromatic rings. The van der Waals surface area contributed by atoms with Crippen molar-refractivity contribution in [2.45, 2.75) is 19.0 Å². The van der Waals surface area contributed by atoms with E-state index in [0.29, 0.717) is 11.3 Å². The highest BCUT2D eigenvalue weighted by Gasteiger charge is 2.21. The van der Waals surface area contributed by atoms with Crippen LogP contribution in [0.25, 0.3) is 0 Å². The molecule has 2 atom stereocenters. The Balaban J connectivity index is 2.00. The Morgan fingerprint density at radius 1 is 0.933 bits per heavy atom. The van der Waals surface area contributed by atoms with E-state index in [1.807, 2.05) is 0 Å². The summed E-state index contributed by atoms with van der Waals surface area (Å²) in [6.07, 6.45) is 0. The lowest BCUT2D eigenvalue weighted by molar-refractivity contribution is -0.384. The predicted molar refractivity (Wildman–Crippen MR) is 106 cm³/mol. The Bertz CT molecular complexity index is 1030. The molecule has 0 aliphatic carbocycles. The normalized spacial score (nSPS) is 13.0. The van der Waals surface area contributed by atoms with Crippen LogP contribution in [0.1, 0.15) is 35.7 Å². The van der Waals surface area contributed by atoms with Gasteiger partial charge in [0.25, 0.3) is 5.69 Å². The zero-order valence-electron chi connectivity index (χ0n) is 16.2. The first-order chi connectivity index (χ1) is 14.3. The van der Waals surface area contributed by atoms with E-state index in [1.54, 1.807) is 43.3 Å². The summed E-state index contributed by atoms with van der Waals surface area (Å²) in [5, 5.41) is 14.4. The molecule has 0 aromatic heterocycles. The van der Waals surface area contributed by atoms with Crippen LogP contribution in [0.5, 0.6) is 5.75 Å². The first-order valence-corrected chi connectivity index (χ1v) is 9.09. The molecule has 0 aliphatic rings. The van der Waals surface area contributed by atoms with Gasteiger partial charge in [-0.2, -0.15) is 0 Å². The van der Waals surface area contributed by atoms with Crippen LogP contribution in [0.15, 0.2) is 60.7 Å². The van der Waals surface area contributed by atoms with Crippen LogP contribution in [-0.4, -0.2) is 12.0 Å². The Morgan fingerprint density at radius 3 is 2.13 bits per heavy atom. The molecular formula is C22H19F3N2O3. The average molecular weight is 416 g/mol. The molecule has 0 heterocycles. The van der Waals surface area contributed by atoms with Crippen molar-refractivity contribution in [3.63, 3.8) is 0 Å². The van der Waals surface area contributed by atoms with Crippen LogP contribution in [0, 0.1) is 27.6 Å². The first kappa shape index (κ1) is 21.3. The highest BCUT2D eigenvalue weighted by atomic mass is 19.2. The highest BCUT2D eigenvalue weighted by molar-refractivity contribution is 5.41. The molecule has 5 nitrogen and oxygen atoms in total. The maximum atomic E-state index is 13.7. The van der Waals surface area contributed by atoms with E-state index < -0.39 is 34.5 Å². The van der Waals surface area contributed by atoms with Crippen LogP contribution < -0.4 is 10.1 Å². The molecular weight excluding hydrogens is 397 g/mol. The summed E-state index contributed by atoms with van der Waals surface area (Å²) in [5.74, 6) is -3.46. The first-order valence-electron chi connectivity index (χ1n) is 9.09. The molecule has 3 rings (SSSR count). The third-order valence-corrected chi connectivity index (χ3v) is 4.79. The van der Waals surface area contributed by atoms with Gasteiger partial charge in [-0.1, -0.05) is 24.3 Å². The average Bonchev–Trinajstić information content (AvgIpc) is 2.75. The third-order valence-electron chi connectivity index (χ3n) is 4.79. The van der Waals surface area contributed by atoms with Gasteiger partial charge in [0.15, 0.2) is 17.5 Å². The van der Waals surface area contributed by atoms with Gasteiger partial charge in [0, 0.05) is 18.2 Å². The summed E-state index contributed by atoms with van der Waals surface area (Å²) in [6.45, 7) is 1.67. The van der Waals surface area contributed by atoms with Crippen molar-refractivity contribution < 1.29 is 22.8 Å². The fourth-order valence-corrected chi connectivity index (χ4v) is 3.17. The standard InChI is InChI=1S/C22H19F3N2O3/c1-13(16-11-19(23)21(25)20(24)12-16)26-22(14-6-8-18(30-2)9-7-14)15-4-3-5-17(10-15)27(28)29/h3-13,22,26H,1-2H3/t13-,22?/m1/s1. The van der Waals surface area contributed by atoms with Crippen LogP contribution >= 0.6 is 0 Å². The molecule has 0 bridgehead atoms. The summed E-state index contributed by atoms with van der Waals surface area (Å²) in [7, 11) is 1.53. The molecule has 30 heavy (non-hydrogen) atoms. The van der Waals surface area contributed by atoms with E-state index >= 15 is 0 Å². The minimum Gasteiger partial charge on any atom is -0.497 e. The second-order valence-corrected chi connectivity index (χ2v) is 6.75. The lowest BCUT2D eigenvalue weighted by atomic mass is 9.96. The van der Waals surface area contributed by atoms with Crippen molar-refractivity contribution in [1.82, 2.24) is 5.32 Å². The van der Waals surface area contributed by atoms with Crippen molar-refractivity contribution in [3.8, 4) is 5.75 Å². The Hall–Kier alpha value is -3.39. The molecule has 8 heteroatoms. The number of nitrogens with one attached hydrogen (secondary N) is 1. The second kappa shape index (κ2) is 8.96. The van der Waals surface area contributed by atoms with E-state index in [1.165, 1.54) is 19.2 Å². The van der Waals surface area contributed by atoms with Gasteiger partial charge < -0.3 is 4.74 Å². The van der Waals surface area contributed by atoms with Crippen LogP contribution in [0.2, 0.25) is 0 Å². The Morgan fingerprint density at radius 2 is 1.57 bits per heavy atom. The van der Waals surface area contributed by atoms with Crippen molar-refractivity contribution in [2.24, 2.45) is 0 Å². The number of hydrogen-bond acceptors (Lipinski definition) is 4. The van der Waals surface area contributed by atoms with Gasteiger partial charge in [-0.3, -0.25) is 15.4 Å². The molecule has 0 saturated heterocycles. The van der Waals surface area contributed by atoms with Crippen molar-refractivity contribution in [1.29, 1.82) is 0 Å². The summed E-state index contributed by atoms with van der Waals surface area (Å²) in [6, 6.07) is 13.9. The molecule has 1 N–H and O–H groups in total. The molecule has 3 aromatic carbocycles. The van der Waals surface area contributed by atoms with E-state index in [0.717, 1.165) is 17.7 Å². The number of non-ortho nitro benzene ring substituents is 1. The van der Waals surface area contributed by atoms with E-state index in [4.69, 9.17) is 4.74 Å². The third kappa shape index (κ3) is 4.60. The number of nitro benzene ring substituents is 1. The molecule has 0 fully saturated rings.